The van der Waals surface area contributed by atoms with Crippen LogP contribution in [0.1, 0.15) is 11.1 Å². The van der Waals surface area contributed by atoms with Gasteiger partial charge in [-0.3, -0.25) is 9.59 Å². The van der Waals surface area contributed by atoms with E-state index in [0.717, 1.165) is 15.4 Å². The highest BCUT2D eigenvalue weighted by molar-refractivity contribution is 7.89. The Hall–Kier alpha value is -2.91. The fraction of sp³-hybridized carbons (Fsp3) is 0.263. The summed E-state index contributed by atoms with van der Waals surface area (Å²) in [6, 6.07) is 11.9. The van der Waals surface area contributed by atoms with E-state index in [1.165, 1.54) is 25.2 Å². The molecule has 2 aromatic carbocycles. The lowest BCUT2D eigenvalue weighted by molar-refractivity contribution is -0.121. The van der Waals surface area contributed by atoms with Gasteiger partial charge in [0, 0.05) is 13.6 Å². The van der Waals surface area contributed by atoms with Crippen LogP contribution in [0.4, 0.5) is 5.69 Å². The fourth-order valence-corrected chi connectivity index (χ4v) is 3.81. The number of benzene rings is 2. The molecular weight excluding hydrogens is 382 g/mol. The minimum atomic E-state index is -3.91. The molecule has 0 saturated heterocycles. The third-order valence-corrected chi connectivity index (χ3v) is 6.07. The van der Waals surface area contributed by atoms with Crippen molar-refractivity contribution in [1.29, 1.82) is 0 Å². The van der Waals surface area contributed by atoms with Crippen molar-refractivity contribution in [3.8, 4) is 5.75 Å². The van der Waals surface area contributed by atoms with E-state index < -0.39 is 15.9 Å². The summed E-state index contributed by atoms with van der Waals surface area (Å²) in [7, 11) is -2.58. The predicted octanol–water partition coefficient (Wildman–Crippen LogP) is 1.26. The third kappa shape index (κ3) is 4.49. The Balaban J connectivity index is 1.64. The molecule has 0 aromatic heterocycles. The number of amides is 2. The lowest BCUT2D eigenvalue weighted by Crippen LogP contribution is -2.38. The molecular formula is C19H21N3O5S. The van der Waals surface area contributed by atoms with Crippen LogP contribution >= 0.6 is 0 Å². The van der Waals surface area contributed by atoms with E-state index in [1.807, 2.05) is 31.2 Å². The number of likely N-dealkylation sites (N-methyl/N-ethyl adjacent to an activating group) is 1. The molecule has 8 nitrogen and oxygen atoms in total. The molecule has 1 aliphatic rings. The normalized spacial score (nSPS) is 13.5. The minimum Gasteiger partial charge on any atom is -0.482 e. The number of ether oxygens (including phenoxy) is 1. The minimum absolute atomic E-state index is 0.0362. The van der Waals surface area contributed by atoms with Gasteiger partial charge < -0.3 is 15.4 Å². The zero-order valence-electron chi connectivity index (χ0n) is 15.6. The third-order valence-electron chi connectivity index (χ3n) is 4.27. The number of nitrogens with zero attached hydrogens (tertiary/aromatic N) is 1. The van der Waals surface area contributed by atoms with Gasteiger partial charge in [0.1, 0.15) is 5.75 Å². The molecule has 1 aliphatic heterocycles. The van der Waals surface area contributed by atoms with E-state index in [-0.39, 0.29) is 29.6 Å². The largest absolute Gasteiger partial charge is 0.482 e. The number of nitrogens with one attached hydrogen (secondary N) is 2. The molecule has 0 aliphatic carbocycles. The summed E-state index contributed by atoms with van der Waals surface area (Å²) in [4.78, 5) is 23.5. The van der Waals surface area contributed by atoms with E-state index in [0.29, 0.717) is 12.3 Å². The Labute approximate surface area is 163 Å². The Bertz CT molecular complexity index is 1000. The Kier molecular flexibility index (Phi) is 5.66. The maximum absolute atomic E-state index is 12.7. The average molecular weight is 403 g/mol. The maximum Gasteiger partial charge on any atom is 0.262 e. The van der Waals surface area contributed by atoms with Crippen LogP contribution in [0.5, 0.6) is 5.75 Å². The summed E-state index contributed by atoms with van der Waals surface area (Å²) in [6.45, 7) is 1.85. The number of anilines is 1. The van der Waals surface area contributed by atoms with Crippen molar-refractivity contribution in [1.82, 2.24) is 9.62 Å². The standard InChI is InChI=1S/C19H21N3O5S/c1-13-3-5-14(6-4-13)10-20-18(23)11-22(2)28(25,26)15-7-8-17-16(9-15)21-19(24)12-27-17/h3-9H,10-12H2,1-2H3,(H,20,23)(H,21,24). The van der Waals surface area contributed by atoms with Crippen LogP contribution in [-0.4, -0.2) is 44.7 Å². The van der Waals surface area contributed by atoms with Crippen LogP contribution in [0.2, 0.25) is 0 Å². The molecule has 0 atom stereocenters. The van der Waals surface area contributed by atoms with Crippen LogP contribution < -0.4 is 15.4 Å². The van der Waals surface area contributed by atoms with E-state index in [1.54, 1.807) is 0 Å². The van der Waals surface area contributed by atoms with Crippen LogP contribution in [0.25, 0.3) is 0 Å². The van der Waals surface area contributed by atoms with Crippen LogP contribution in [0, 0.1) is 6.92 Å². The van der Waals surface area contributed by atoms with Gasteiger partial charge in [-0.05, 0) is 30.7 Å². The van der Waals surface area contributed by atoms with Crippen molar-refractivity contribution in [3.63, 3.8) is 0 Å². The van der Waals surface area contributed by atoms with Crippen LogP contribution in [0.3, 0.4) is 0 Å². The van der Waals surface area contributed by atoms with E-state index in [2.05, 4.69) is 10.6 Å². The number of rotatable bonds is 6. The van der Waals surface area contributed by atoms with Gasteiger partial charge in [0.15, 0.2) is 6.61 Å². The van der Waals surface area contributed by atoms with Crippen molar-refractivity contribution >= 4 is 27.5 Å². The molecule has 3 rings (SSSR count). The smallest absolute Gasteiger partial charge is 0.262 e. The van der Waals surface area contributed by atoms with E-state index >= 15 is 0 Å². The summed E-state index contributed by atoms with van der Waals surface area (Å²) in [5.74, 6) is -0.371. The molecule has 2 aromatic rings. The highest BCUT2D eigenvalue weighted by Gasteiger charge is 2.25. The van der Waals surface area contributed by atoms with Gasteiger partial charge in [0.25, 0.3) is 5.91 Å². The van der Waals surface area contributed by atoms with E-state index in [4.69, 9.17) is 4.74 Å². The van der Waals surface area contributed by atoms with Crippen molar-refractivity contribution in [2.24, 2.45) is 0 Å². The molecule has 0 unspecified atom stereocenters. The summed E-state index contributed by atoms with van der Waals surface area (Å²) < 4.78 is 31.7. The lowest BCUT2D eigenvalue weighted by atomic mass is 10.1. The quantitative estimate of drug-likeness (QED) is 0.756. The second-order valence-electron chi connectivity index (χ2n) is 6.52. The van der Waals surface area contributed by atoms with Gasteiger partial charge in [-0.15, -0.1) is 0 Å². The average Bonchev–Trinajstić information content (AvgIpc) is 2.66. The van der Waals surface area contributed by atoms with Gasteiger partial charge >= 0.3 is 0 Å². The Morgan fingerprint density at radius 1 is 1.21 bits per heavy atom. The summed E-state index contributed by atoms with van der Waals surface area (Å²) in [5.41, 5.74) is 2.33. The summed E-state index contributed by atoms with van der Waals surface area (Å²) in [5, 5.41) is 5.27. The first-order chi connectivity index (χ1) is 13.3. The van der Waals surface area contributed by atoms with Crippen LogP contribution in [0.15, 0.2) is 47.4 Å². The van der Waals surface area contributed by atoms with Crippen molar-refractivity contribution < 1.29 is 22.7 Å². The van der Waals surface area contributed by atoms with Crippen LogP contribution in [-0.2, 0) is 26.2 Å². The van der Waals surface area contributed by atoms with E-state index in [9.17, 15) is 18.0 Å². The number of hydrogen-bond donors (Lipinski definition) is 2. The highest BCUT2D eigenvalue weighted by atomic mass is 32.2. The molecule has 0 bridgehead atoms. The van der Waals surface area contributed by atoms with Gasteiger partial charge in [-0.2, -0.15) is 4.31 Å². The molecule has 1 heterocycles. The van der Waals surface area contributed by atoms with Crippen molar-refractivity contribution in [2.75, 3.05) is 25.5 Å². The van der Waals surface area contributed by atoms with Gasteiger partial charge in [-0.25, -0.2) is 8.42 Å². The number of carbonyl (C=O) groups is 2. The molecule has 9 heteroatoms. The molecule has 2 N–H and O–H groups in total. The second kappa shape index (κ2) is 7.99. The zero-order valence-corrected chi connectivity index (χ0v) is 16.4. The number of carbonyl (C=O) groups excluding carboxylic acids is 2. The zero-order chi connectivity index (χ0) is 20.3. The summed E-state index contributed by atoms with van der Waals surface area (Å²) in [6.07, 6.45) is 0. The Morgan fingerprint density at radius 3 is 2.64 bits per heavy atom. The predicted molar refractivity (Wildman–Crippen MR) is 103 cm³/mol. The molecule has 148 valence electrons. The fourth-order valence-electron chi connectivity index (χ4n) is 2.65. The molecule has 0 radical (unpaired) electrons. The molecule has 2 amide bonds. The summed E-state index contributed by atoms with van der Waals surface area (Å²) >= 11 is 0. The van der Waals surface area contributed by atoms with Crippen molar-refractivity contribution in [2.45, 2.75) is 18.4 Å². The number of fused-ring (bicyclic) bond motifs is 1. The van der Waals surface area contributed by atoms with Gasteiger partial charge in [0.2, 0.25) is 15.9 Å². The topological polar surface area (TPSA) is 105 Å². The first-order valence-corrected chi connectivity index (χ1v) is 10.0. The molecule has 0 fully saturated rings. The number of sulfonamides is 1. The first-order valence-electron chi connectivity index (χ1n) is 8.61. The highest BCUT2D eigenvalue weighted by Crippen LogP contribution is 2.30. The monoisotopic (exact) mass is 403 g/mol. The number of aryl methyl sites for hydroxylation is 1. The SMILES string of the molecule is Cc1ccc(CNC(=O)CN(C)S(=O)(=O)c2ccc3c(c2)NC(=O)CO3)cc1. The Morgan fingerprint density at radius 2 is 1.93 bits per heavy atom. The van der Waals surface area contributed by atoms with Crippen molar-refractivity contribution in [3.05, 3.63) is 53.6 Å². The number of hydrogen-bond acceptors (Lipinski definition) is 5. The maximum atomic E-state index is 12.7. The lowest BCUT2D eigenvalue weighted by Gasteiger charge is -2.21. The first kappa shape index (κ1) is 19.8. The molecule has 0 spiro atoms. The van der Waals surface area contributed by atoms with Gasteiger partial charge in [0.05, 0.1) is 17.1 Å². The molecule has 28 heavy (non-hydrogen) atoms. The van der Waals surface area contributed by atoms with Gasteiger partial charge in [-0.1, -0.05) is 29.8 Å². The second-order valence-corrected chi connectivity index (χ2v) is 8.56. The molecule has 0 saturated carbocycles.